The van der Waals surface area contributed by atoms with Crippen LogP contribution in [0.4, 0.5) is 5.69 Å². The van der Waals surface area contributed by atoms with Crippen molar-refractivity contribution in [1.82, 2.24) is 10.2 Å². The Balaban J connectivity index is 1.45. The number of hydrogen-bond acceptors (Lipinski definition) is 3. The van der Waals surface area contributed by atoms with E-state index in [1.54, 1.807) is 0 Å². The number of para-hydroxylation sites is 1. The molecule has 25 heavy (non-hydrogen) atoms. The summed E-state index contributed by atoms with van der Waals surface area (Å²) in [6, 6.07) is 8.52. The number of nitrogens with two attached hydrogens (primary N) is 1. The average molecular weight is 343 g/mol. The van der Waals surface area contributed by atoms with E-state index in [1.807, 2.05) is 7.05 Å². The Morgan fingerprint density at radius 1 is 1.36 bits per heavy atom. The van der Waals surface area contributed by atoms with Gasteiger partial charge in [0.25, 0.3) is 0 Å². The lowest BCUT2D eigenvalue weighted by molar-refractivity contribution is -0.123. The van der Waals surface area contributed by atoms with Crippen molar-refractivity contribution in [2.24, 2.45) is 16.6 Å². The minimum atomic E-state index is -0.157. The largest absolute Gasteiger partial charge is 0.369 e. The van der Waals surface area contributed by atoms with Crippen LogP contribution in [0, 0.1) is 5.92 Å². The van der Waals surface area contributed by atoms with Crippen molar-refractivity contribution in [2.45, 2.75) is 25.7 Å². The van der Waals surface area contributed by atoms with Crippen LogP contribution in [-0.2, 0) is 11.2 Å². The quantitative estimate of drug-likeness (QED) is 0.479. The molecule has 2 aliphatic heterocycles. The van der Waals surface area contributed by atoms with Crippen LogP contribution in [0.3, 0.4) is 0 Å². The van der Waals surface area contributed by atoms with Crippen LogP contribution in [0.25, 0.3) is 0 Å². The molecule has 136 valence electrons. The number of carbonyl (C=O) groups excluding carboxylic acids is 1. The molecule has 0 aromatic heterocycles. The van der Waals surface area contributed by atoms with Gasteiger partial charge in [-0.05, 0) is 50.4 Å². The highest BCUT2D eigenvalue weighted by atomic mass is 16.1. The van der Waals surface area contributed by atoms with Crippen LogP contribution < -0.4 is 16.0 Å². The Hall–Kier alpha value is -2.08. The molecule has 6 heteroatoms. The van der Waals surface area contributed by atoms with Crippen molar-refractivity contribution in [3.05, 3.63) is 29.8 Å². The van der Waals surface area contributed by atoms with E-state index in [4.69, 9.17) is 5.73 Å². The molecular formula is C19H29N5O. The van der Waals surface area contributed by atoms with Gasteiger partial charge >= 0.3 is 0 Å². The third-order valence-corrected chi connectivity index (χ3v) is 5.20. The number of hydrogen-bond donors (Lipinski definition) is 2. The number of likely N-dealkylation sites (tertiary alicyclic amines) is 1. The van der Waals surface area contributed by atoms with Gasteiger partial charge in [0.05, 0.1) is 5.92 Å². The fourth-order valence-electron chi connectivity index (χ4n) is 3.85. The number of primary amides is 1. The van der Waals surface area contributed by atoms with Crippen LogP contribution in [0.15, 0.2) is 29.3 Å². The van der Waals surface area contributed by atoms with Crippen LogP contribution in [-0.4, -0.2) is 56.5 Å². The minimum Gasteiger partial charge on any atom is -0.369 e. The maximum atomic E-state index is 11.4. The zero-order valence-corrected chi connectivity index (χ0v) is 15.1. The number of aliphatic imine (C=N–C) groups is 1. The van der Waals surface area contributed by atoms with Gasteiger partial charge in [-0.3, -0.25) is 9.79 Å². The van der Waals surface area contributed by atoms with Crippen molar-refractivity contribution < 1.29 is 4.79 Å². The highest BCUT2D eigenvalue weighted by molar-refractivity contribution is 5.97. The van der Waals surface area contributed by atoms with E-state index in [0.29, 0.717) is 0 Å². The first kappa shape index (κ1) is 17.7. The topological polar surface area (TPSA) is 74.0 Å². The zero-order chi connectivity index (χ0) is 17.6. The van der Waals surface area contributed by atoms with Gasteiger partial charge in [0.15, 0.2) is 5.96 Å². The van der Waals surface area contributed by atoms with Crippen LogP contribution in [0.5, 0.6) is 0 Å². The Kier molecular flexibility index (Phi) is 5.91. The minimum absolute atomic E-state index is 0.0237. The molecule has 3 N–H and O–H groups in total. The van der Waals surface area contributed by atoms with E-state index in [9.17, 15) is 4.79 Å². The van der Waals surface area contributed by atoms with Crippen LogP contribution in [0.1, 0.15) is 24.8 Å². The van der Waals surface area contributed by atoms with Gasteiger partial charge in [-0.15, -0.1) is 0 Å². The fraction of sp³-hybridized carbons (Fsp3) is 0.579. The number of amides is 1. The first-order valence-corrected chi connectivity index (χ1v) is 9.27. The lowest BCUT2D eigenvalue weighted by Crippen LogP contribution is -2.43. The number of piperidine rings is 1. The first-order valence-electron chi connectivity index (χ1n) is 9.27. The molecule has 2 heterocycles. The number of benzene rings is 1. The molecule has 3 rings (SSSR count). The highest BCUT2D eigenvalue weighted by Gasteiger charge is 2.24. The van der Waals surface area contributed by atoms with Crippen LogP contribution >= 0.6 is 0 Å². The van der Waals surface area contributed by atoms with Gasteiger partial charge in [0.1, 0.15) is 0 Å². The van der Waals surface area contributed by atoms with E-state index < -0.39 is 0 Å². The second-order valence-corrected chi connectivity index (χ2v) is 6.90. The maximum Gasteiger partial charge on any atom is 0.221 e. The van der Waals surface area contributed by atoms with Crippen molar-refractivity contribution in [3.8, 4) is 0 Å². The molecular weight excluding hydrogens is 314 g/mol. The summed E-state index contributed by atoms with van der Waals surface area (Å²) >= 11 is 0. The third kappa shape index (κ3) is 4.31. The van der Waals surface area contributed by atoms with Gasteiger partial charge in [-0.2, -0.15) is 0 Å². The molecule has 0 radical (unpaired) electrons. The van der Waals surface area contributed by atoms with E-state index in [-0.39, 0.29) is 11.8 Å². The lowest BCUT2D eigenvalue weighted by Gasteiger charge is -2.31. The molecule has 1 aromatic rings. The van der Waals surface area contributed by atoms with E-state index in [0.717, 1.165) is 64.4 Å². The van der Waals surface area contributed by atoms with Gasteiger partial charge in [-0.1, -0.05) is 18.2 Å². The number of anilines is 1. The summed E-state index contributed by atoms with van der Waals surface area (Å²) in [5.41, 5.74) is 8.10. The van der Waals surface area contributed by atoms with Crippen LogP contribution in [0.2, 0.25) is 0 Å². The summed E-state index contributed by atoms with van der Waals surface area (Å²) in [7, 11) is 1.84. The fourth-order valence-corrected chi connectivity index (χ4v) is 3.85. The second-order valence-electron chi connectivity index (χ2n) is 6.90. The normalized spacial score (nSPS) is 21.2. The molecule has 1 amide bonds. The third-order valence-electron chi connectivity index (χ3n) is 5.20. The molecule has 2 aliphatic rings. The molecule has 1 atom stereocenters. The monoisotopic (exact) mass is 343 g/mol. The number of carbonyl (C=O) groups is 1. The zero-order valence-electron chi connectivity index (χ0n) is 15.1. The number of nitrogens with one attached hydrogen (secondary N) is 1. The molecule has 0 bridgehead atoms. The van der Waals surface area contributed by atoms with E-state index in [2.05, 4.69) is 44.4 Å². The van der Waals surface area contributed by atoms with Gasteiger partial charge in [0, 0.05) is 32.4 Å². The molecule has 0 aliphatic carbocycles. The number of rotatable bonds is 5. The molecule has 1 fully saturated rings. The molecule has 1 unspecified atom stereocenters. The first-order chi connectivity index (χ1) is 12.2. The second kappa shape index (κ2) is 8.34. The van der Waals surface area contributed by atoms with Crippen molar-refractivity contribution in [1.29, 1.82) is 0 Å². The summed E-state index contributed by atoms with van der Waals surface area (Å²) in [6.45, 7) is 4.72. The molecule has 0 spiro atoms. The van der Waals surface area contributed by atoms with Crippen molar-refractivity contribution in [2.75, 3.05) is 44.7 Å². The van der Waals surface area contributed by atoms with Gasteiger partial charge in [-0.25, -0.2) is 0 Å². The average Bonchev–Trinajstić information content (AvgIpc) is 3.06. The van der Waals surface area contributed by atoms with Crippen molar-refractivity contribution >= 4 is 17.6 Å². The molecule has 6 nitrogen and oxygen atoms in total. The smallest absolute Gasteiger partial charge is 0.221 e. The summed E-state index contributed by atoms with van der Waals surface area (Å²) in [5.74, 6) is 0.810. The SMILES string of the molecule is CN=C(NCCCN1CCCC(C(N)=O)C1)N1CCc2ccccc21. The Morgan fingerprint density at radius 3 is 3.00 bits per heavy atom. The predicted molar refractivity (Wildman–Crippen MR) is 102 cm³/mol. The highest BCUT2D eigenvalue weighted by Crippen LogP contribution is 2.27. The lowest BCUT2D eigenvalue weighted by atomic mass is 9.97. The standard InChI is InChI=1S/C19H29N5O/c1-21-19(24-13-9-15-6-2-3-8-17(15)24)22-10-5-12-23-11-4-7-16(14-23)18(20)25/h2-3,6,8,16H,4-5,7,9-14H2,1H3,(H2,20,25)(H,21,22). The van der Waals surface area contributed by atoms with Gasteiger partial charge in [0.2, 0.25) is 5.91 Å². The predicted octanol–water partition coefficient (Wildman–Crippen LogP) is 1.21. The number of fused-ring (bicyclic) bond motifs is 1. The summed E-state index contributed by atoms with van der Waals surface area (Å²) in [6.07, 6.45) is 4.09. The number of nitrogens with zero attached hydrogens (tertiary/aromatic N) is 3. The molecule has 0 saturated carbocycles. The maximum absolute atomic E-state index is 11.4. The summed E-state index contributed by atoms with van der Waals surface area (Å²) < 4.78 is 0. The Morgan fingerprint density at radius 2 is 2.20 bits per heavy atom. The van der Waals surface area contributed by atoms with E-state index >= 15 is 0 Å². The Bertz CT molecular complexity index is 630. The summed E-state index contributed by atoms with van der Waals surface area (Å²) in [4.78, 5) is 20.4. The Labute approximate surface area is 150 Å². The number of guanidine groups is 1. The molecule has 1 aromatic carbocycles. The van der Waals surface area contributed by atoms with Crippen molar-refractivity contribution in [3.63, 3.8) is 0 Å². The van der Waals surface area contributed by atoms with Gasteiger partial charge < -0.3 is 20.9 Å². The van der Waals surface area contributed by atoms with E-state index in [1.165, 1.54) is 11.3 Å². The molecule has 1 saturated heterocycles. The summed E-state index contributed by atoms with van der Waals surface area (Å²) in [5, 5.41) is 3.48.